The van der Waals surface area contributed by atoms with Crippen LogP contribution in [-0.2, 0) is 13.2 Å². The molecule has 40 heavy (non-hydrogen) atoms. The number of hydrogen-bond acceptors (Lipinski definition) is 6. The fourth-order valence-electron chi connectivity index (χ4n) is 4.38. The maximum absolute atomic E-state index is 15.1. The van der Waals surface area contributed by atoms with Crippen molar-refractivity contribution >= 4 is 23.2 Å². The van der Waals surface area contributed by atoms with Crippen LogP contribution in [0.5, 0.6) is 11.8 Å². The molecule has 1 fully saturated rings. The van der Waals surface area contributed by atoms with Gasteiger partial charge in [0.2, 0.25) is 11.8 Å². The Kier molecular flexibility index (Phi) is 8.24. The molecule has 2 heterocycles. The maximum Gasteiger partial charge on any atom is 0.407 e. The fourth-order valence-corrected chi connectivity index (χ4v) is 4.38. The van der Waals surface area contributed by atoms with Gasteiger partial charge in [-0.25, -0.2) is 13.6 Å². The van der Waals surface area contributed by atoms with E-state index in [-0.39, 0.29) is 50.0 Å². The SMILES string of the molecule is O=C(O)N1CCN(c2c(F)cc(Nc3ccc(OCc4ccccc4)nc3OCc3ccccc3)cc2F)CC1. The minimum absolute atomic E-state index is 0.167. The highest BCUT2D eigenvalue weighted by Crippen LogP contribution is 2.33. The number of aromatic nitrogens is 1. The summed E-state index contributed by atoms with van der Waals surface area (Å²) in [5.41, 5.74) is 2.31. The second kappa shape index (κ2) is 12.3. The number of pyridine rings is 1. The van der Waals surface area contributed by atoms with Crippen molar-refractivity contribution in [1.82, 2.24) is 9.88 Å². The Balaban J connectivity index is 1.34. The molecule has 2 N–H and O–H groups in total. The number of amides is 1. The van der Waals surface area contributed by atoms with Crippen molar-refractivity contribution < 1.29 is 28.2 Å². The van der Waals surface area contributed by atoms with Crippen LogP contribution < -0.4 is 19.7 Å². The molecule has 8 nitrogen and oxygen atoms in total. The van der Waals surface area contributed by atoms with Crippen molar-refractivity contribution in [3.63, 3.8) is 0 Å². The van der Waals surface area contributed by atoms with Gasteiger partial charge in [-0.1, -0.05) is 60.7 Å². The molecule has 206 valence electrons. The predicted octanol–water partition coefficient (Wildman–Crippen LogP) is 6.06. The van der Waals surface area contributed by atoms with Gasteiger partial charge in [-0.15, -0.1) is 0 Å². The van der Waals surface area contributed by atoms with Crippen LogP contribution in [-0.4, -0.2) is 47.3 Å². The minimum atomic E-state index is -1.05. The monoisotopic (exact) mass is 546 g/mol. The first kappa shape index (κ1) is 26.7. The number of halogens is 2. The second-order valence-electron chi connectivity index (χ2n) is 9.22. The van der Waals surface area contributed by atoms with E-state index in [0.29, 0.717) is 18.2 Å². The highest BCUT2D eigenvalue weighted by Gasteiger charge is 2.25. The lowest BCUT2D eigenvalue weighted by Gasteiger charge is -2.35. The first-order chi connectivity index (χ1) is 19.5. The topological polar surface area (TPSA) is 87.2 Å². The number of nitrogens with one attached hydrogen (secondary N) is 1. The van der Waals surface area contributed by atoms with Crippen molar-refractivity contribution in [3.8, 4) is 11.8 Å². The molecule has 0 atom stereocenters. The van der Waals surface area contributed by atoms with Gasteiger partial charge in [0.15, 0.2) is 11.6 Å². The molecule has 1 saturated heterocycles. The number of piperazine rings is 1. The molecule has 1 aromatic heterocycles. The summed E-state index contributed by atoms with van der Waals surface area (Å²) in [6, 6.07) is 25.0. The van der Waals surface area contributed by atoms with Crippen LogP contribution in [0.3, 0.4) is 0 Å². The van der Waals surface area contributed by atoms with E-state index < -0.39 is 17.7 Å². The Labute approximate surface area is 230 Å². The van der Waals surface area contributed by atoms with Crippen molar-refractivity contribution in [3.05, 3.63) is 108 Å². The molecule has 0 spiro atoms. The molecule has 1 amide bonds. The summed E-state index contributed by atoms with van der Waals surface area (Å²) in [4.78, 5) is 18.4. The van der Waals surface area contributed by atoms with E-state index >= 15 is 8.78 Å². The standard InChI is InChI=1S/C30H28F2N4O4/c31-24-17-23(18-25(32)28(24)35-13-15-36(16-14-35)30(37)38)33-26-11-12-27(39-19-21-7-3-1-4-8-21)34-29(26)40-20-22-9-5-2-6-10-22/h1-12,17-18,33H,13-16,19-20H2,(H,37,38). The summed E-state index contributed by atoms with van der Waals surface area (Å²) in [7, 11) is 0. The molecule has 1 aliphatic rings. The molecule has 3 aromatic carbocycles. The normalized spacial score (nSPS) is 13.2. The third-order valence-corrected chi connectivity index (χ3v) is 6.44. The highest BCUT2D eigenvalue weighted by atomic mass is 19.1. The first-order valence-electron chi connectivity index (χ1n) is 12.8. The number of hydrogen-bond donors (Lipinski definition) is 2. The van der Waals surface area contributed by atoms with Crippen LogP contribution in [0, 0.1) is 11.6 Å². The quantitative estimate of drug-likeness (QED) is 0.264. The maximum atomic E-state index is 15.1. The van der Waals surface area contributed by atoms with Gasteiger partial charge in [0.05, 0.1) is 0 Å². The summed E-state index contributed by atoms with van der Waals surface area (Å²) in [6.45, 7) is 1.27. The molecular formula is C30H28F2N4O4. The molecule has 10 heteroatoms. The van der Waals surface area contributed by atoms with Crippen molar-refractivity contribution in [2.75, 3.05) is 36.4 Å². The average molecular weight is 547 g/mol. The van der Waals surface area contributed by atoms with Gasteiger partial charge in [0.1, 0.15) is 24.6 Å². The van der Waals surface area contributed by atoms with Gasteiger partial charge >= 0.3 is 6.09 Å². The van der Waals surface area contributed by atoms with Crippen LogP contribution in [0.1, 0.15) is 11.1 Å². The second-order valence-corrected chi connectivity index (χ2v) is 9.22. The zero-order chi connectivity index (χ0) is 27.9. The summed E-state index contributed by atoms with van der Waals surface area (Å²) in [5, 5.41) is 12.1. The van der Waals surface area contributed by atoms with Crippen LogP contribution >= 0.6 is 0 Å². The smallest absolute Gasteiger partial charge is 0.407 e. The van der Waals surface area contributed by atoms with E-state index in [9.17, 15) is 4.79 Å². The summed E-state index contributed by atoms with van der Waals surface area (Å²) < 4.78 is 42.1. The zero-order valence-electron chi connectivity index (χ0n) is 21.6. The average Bonchev–Trinajstić information content (AvgIpc) is 2.97. The number of nitrogens with zero attached hydrogens (tertiary/aromatic N) is 3. The Bertz CT molecular complexity index is 1430. The zero-order valence-corrected chi connectivity index (χ0v) is 21.6. The third kappa shape index (κ3) is 6.58. The first-order valence-corrected chi connectivity index (χ1v) is 12.8. The van der Waals surface area contributed by atoms with Crippen LogP contribution in [0.25, 0.3) is 0 Å². The van der Waals surface area contributed by atoms with Gasteiger partial charge in [0, 0.05) is 37.9 Å². The van der Waals surface area contributed by atoms with Gasteiger partial charge in [-0.2, -0.15) is 4.98 Å². The molecule has 0 aliphatic carbocycles. The Morgan fingerprint density at radius 3 is 1.98 bits per heavy atom. The van der Waals surface area contributed by atoms with E-state index in [0.717, 1.165) is 11.1 Å². The molecule has 0 bridgehead atoms. The summed E-state index contributed by atoms with van der Waals surface area (Å²) in [5.74, 6) is -0.961. The number of anilines is 3. The lowest BCUT2D eigenvalue weighted by Crippen LogP contribution is -2.48. The lowest BCUT2D eigenvalue weighted by atomic mass is 10.2. The Hall–Kier alpha value is -4.86. The van der Waals surface area contributed by atoms with Gasteiger partial charge in [-0.3, -0.25) is 0 Å². The van der Waals surface area contributed by atoms with E-state index in [4.69, 9.17) is 14.6 Å². The number of carboxylic acid groups (broad SMARTS) is 1. The molecular weight excluding hydrogens is 518 g/mol. The number of ether oxygens (including phenoxy) is 2. The molecule has 5 rings (SSSR count). The van der Waals surface area contributed by atoms with Gasteiger partial charge < -0.3 is 29.7 Å². The minimum Gasteiger partial charge on any atom is -0.473 e. The van der Waals surface area contributed by atoms with Crippen molar-refractivity contribution in [2.45, 2.75) is 13.2 Å². The van der Waals surface area contributed by atoms with E-state index in [1.54, 1.807) is 12.1 Å². The molecule has 0 radical (unpaired) electrons. The van der Waals surface area contributed by atoms with Crippen LogP contribution in [0.2, 0.25) is 0 Å². The largest absolute Gasteiger partial charge is 0.473 e. The highest BCUT2D eigenvalue weighted by molar-refractivity contribution is 5.68. The fraction of sp³-hybridized carbons (Fsp3) is 0.200. The Morgan fingerprint density at radius 1 is 0.825 bits per heavy atom. The molecule has 0 unspecified atom stereocenters. The van der Waals surface area contributed by atoms with Gasteiger partial charge in [-0.05, 0) is 29.3 Å². The van der Waals surface area contributed by atoms with Crippen LogP contribution in [0.4, 0.5) is 30.6 Å². The van der Waals surface area contributed by atoms with E-state index in [1.807, 2.05) is 60.7 Å². The number of benzene rings is 3. The molecule has 0 saturated carbocycles. The molecule has 4 aromatic rings. The summed E-state index contributed by atoms with van der Waals surface area (Å²) >= 11 is 0. The Morgan fingerprint density at radius 2 is 1.40 bits per heavy atom. The lowest BCUT2D eigenvalue weighted by molar-refractivity contribution is 0.142. The predicted molar refractivity (Wildman–Crippen MR) is 147 cm³/mol. The molecule has 1 aliphatic heterocycles. The van der Waals surface area contributed by atoms with E-state index in [1.165, 1.54) is 21.9 Å². The summed E-state index contributed by atoms with van der Waals surface area (Å²) in [6.07, 6.45) is -1.05. The van der Waals surface area contributed by atoms with Crippen molar-refractivity contribution in [2.24, 2.45) is 0 Å². The number of carbonyl (C=O) groups is 1. The van der Waals surface area contributed by atoms with Crippen molar-refractivity contribution in [1.29, 1.82) is 0 Å². The number of rotatable bonds is 9. The van der Waals surface area contributed by atoms with Gasteiger partial charge in [0.25, 0.3) is 0 Å². The van der Waals surface area contributed by atoms with Crippen LogP contribution in [0.15, 0.2) is 84.9 Å². The third-order valence-electron chi connectivity index (χ3n) is 6.44. The van der Waals surface area contributed by atoms with E-state index in [2.05, 4.69) is 10.3 Å².